The maximum absolute atomic E-state index is 12.9. The molecular formula is C21H27N3O4. The zero-order valence-electron chi connectivity index (χ0n) is 16.7. The number of hydrogen-bond acceptors (Lipinski definition) is 5. The van der Waals surface area contributed by atoms with Crippen molar-refractivity contribution in [2.75, 3.05) is 19.7 Å². The average Bonchev–Trinajstić information content (AvgIpc) is 3.35. The highest BCUT2D eigenvalue weighted by Gasteiger charge is 2.33. The molecule has 0 aliphatic carbocycles. The smallest absolute Gasteiger partial charge is 0.254 e. The molecule has 28 heavy (non-hydrogen) atoms. The molecule has 1 aromatic carbocycles. The van der Waals surface area contributed by atoms with E-state index in [-0.39, 0.29) is 17.9 Å². The number of hydrogen-bond donors (Lipinski definition) is 0. The first-order chi connectivity index (χ1) is 13.5. The monoisotopic (exact) mass is 385 g/mol. The minimum atomic E-state index is -0.0477. The van der Waals surface area contributed by atoms with Gasteiger partial charge in [-0.15, -0.1) is 0 Å². The molecule has 0 bridgehead atoms. The Hall–Kier alpha value is -2.83. The summed E-state index contributed by atoms with van der Waals surface area (Å²) >= 11 is 0. The fourth-order valence-electron chi connectivity index (χ4n) is 3.48. The maximum Gasteiger partial charge on any atom is 0.254 e. The van der Waals surface area contributed by atoms with Crippen LogP contribution >= 0.6 is 0 Å². The van der Waals surface area contributed by atoms with Gasteiger partial charge in [-0.3, -0.25) is 9.59 Å². The number of amides is 2. The molecule has 1 aromatic heterocycles. The molecule has 3 rings (SSSR count). The van der Waals surface area contributed by atoms with E-state index >= 15 is 0 Å². The molecule has 1 unspecified atom stereocenters. The summed E-state index contributed by atoms with van der Waals surface area (Å²) in [6, 6.07) is 7.17. The first-order valence-corrected chi connectivity index (χ1v) is 9.74. The topological polar surface area (TPSA) is 75.9 Å². The van der Waals surface area contributed by atoms with Gasteiger partial charge in [-0.1, -0.05) is 13.0 Å². The van der Waals surface area contributed by atoms with Gasteiger partial charge < -0.3 is 19.0 Å². The van der Waals surface area contributed by atoms with Gasteiger partial charge in [0, 0.05) is 32.0 Å². The Morgan fingerprint density at radius 1 is 1.36 bits per heavy atom. The third-order valence-corrected chi connectivity index (χ3v) is 4.94. The molecular weight excluding hydrogens is 358 g/mol. The Morgan fingerprint density at radius 3 is 2.86 bits per heavy atom. The third-order valence-electron chi connectivity index (χ3n) is 4.94. The molecule has 0 radical (unpaired) electrons. The molecule has 2 aromatic rings. The lowest BCUT2D eigenvalue weighted by atomic mass is 10.2. The van der Waals surface area contributed by atoms with Crippen molar-refractivity contribution in [2.24, 2.45) is 0 Å². The predicted molar refractivity (Wildman–Crippen MR) is 104 cm³/mol. The second kappa shape index (κ2) is 8.91. The summed E-state index contributed by atoms with van der Waals surface area (Å²) in [5.41, 5.74) is 0.598. The normalized spacial score (nSPS) is 16.2. The largest absolute Gasteiger partial charge is 0.494 e. The third kappa shape index (κ3) is 4.52. The highest BCUT2D eigenvalue weighted by molar-refractivity contribution is 5.94. The summed E-state index contributed by atoms with van der Waals surface area (Å²) in [4.78, 5) is 32.9. The van der Waals surface area contributed by atoms with Crippen molar-refractivity contribution in [2.45, 2.75) is 46.2 Å². The van der Waals surface area contributed by atoms with E-state index in [2.05, 4.69) is 4.98 Å². The number of aryl methyl sites for hydroxylation is 1. The predicted octanol–water partition coefficient (Wildman–Crippen LogP) is 2.90. The second-order valence-corrected chi connectivity index (χ2v) is 6.88. The van der Waals surface area contributed by atoms with Gasteiger partial charge in [-0.25, -0.2) is 4.98 Å². The number of likely N-dealkylation sites (tertiary alicyclic amines) is 1. The van der Waals surface area contributed by atoms with Crippen molar-refractivity contribution in [1.29, 1.82) is 0 Å². The van der Waals surface area contributed by atoms with Crippen LogP contribution in [0.15, 0.2) is 34.9 Å². The molecule has 2 heterocycles. The first kappa shape index (κ1) is 19.9. The first-order valence-electron chi connectivity index (χ1n) is 9.74. The van der Waals surface area contributed by atoms with E-state index in [1.54, 1.807) is 35.1 Å². The molecule has 1 aliphatic heterocycles. The van der Waals surface area contributed by atoms with Gasteiger partial charge in [0.1, 0.15) is 11.5 Å². The van der Waals surface area contributed by atoms with Crippen LogP contribution in [0.4, 0.5) is 0 Å². The molecule has 7 nitrogen and oxygen atoms in total. The molecule has 2 amide bonds. The van der Waals surface area contributed by atoms with Gasteiger partial charge in [0.25, 0.3) is 5.91 Å². The highest BCUT2D eigenvalue weighted by Crippen LogP contribution is 2.22. The van der Waals surface area contributed by atoms with E-state index in [4.69, 9.17) is 9.15 Å². The zero-order chi connectivity index (χ0) is 20.1. The van der Waals surface area contributed by atoms with Crippen LogP contribution in [0.1, 0.15) is 49.2 Å². The summed E-state index contributed by atoms with van der Waals surface area (Å²) in [5, 5.41) is 0. The number of aromatic nitrogens is 1. The number of oxazole rings is 1. The van der Waals surface area contributed by atoms with Gasteiger partial charge in [0.15, 0.2) is 0 Å². The van der Waals surface area contributed by atoms with Crippen LogP contribution in [0.2, 0.25) is 0 Å². The van der Waals surface area contributed by atoms with Gasteiger partial charge in [0.05, 0.1) is 25.4 Å². The molecule has 0 saturated carbocycles. The molecule has 0 N–H and O–H groups in total. The molecule has 1 fully saturated rings. The number of rotatable bonds is 7. The van der Waals surface area contributed by atoms with Crippen LogP contribution in [0.3, 0.4) is 0 Å². The van der Waals surface area contributed by atoms with Crippen LogP contribution in [0.25, 0.3) is 0 Å². The van der Waals surface area contributed by atoms with Crippen LogP contribution in [0.5, 0.6) is 5.75 Å². The second-order valence-electron chi connectivity index (χ2n) is 6.88. The van der Waals surface area contributed by atoms with Crippen LogP contribution in [0, 0.1) is 0 Å². The lowest BCUT2D eigenvalue weighted by Crippen LogP contribution is -2.41. The Bertz CT molecular complexity index is 833. The Kier molecular flexibility index (Phi) is 6.34. The minimum absolute atomic E-state index is 0.0445. The summed E-state index contributed by atoms with van der Waals surface area (Å²) in [5.74, 6) is 1.92. The van der Waals surface area contributed by atoms with Crippen molar-refractivity contribution in [1.82, 2.24) is 14.8 Å². The van der Waals surface area contributed by atoms with Crippen molar-refractivity contribution in [3.8, 4) is 5.75 Å². The van der Waals surface area contributed by atoms with Crippen molar-refractivity contribution < 1.29 is 18.7 Å². The van der Waals surface area contributed by atoms with E-state index < -0.39 is 0 Å². The molecule has 0 spiro atoms. The maximum atomic E-state index is 12.9. The van der Waals surface area contributed by atoms with Crippen LogP contribution in [-0.2, 0) is 17.8 Å². The Balaban J connectivity index is 1.67. The van der Waals surface area contributed by atoms with E-state index in [9.17, 15) is 9.59 Å². The van der Waals surface area contributed by atoms with Gasteiger partial charge >= 0.3 is 0 Å². The summed E-state index contributed by atoms with van der Waals surface area (Å²) in [6.07, 6.45) is 3.20. The number of carbonyl (C=O) groups is 2. The van der Waals surface area contributed by atoms with E-state index in [1.807, 2.05) is 26.0 Å². The number of nitrogens with zero attached hydrogens (tertiary/aromatic N) is 3. The SMILES string of the molecule is CCOc1cccc(C(=O)N2CCC(N(Cc3ncc(CC)o3)C(C)=O)C2)c1. The van der Waals surface area contributed by atoms with Gasteiger partial charge in [-0.2, -0.15) is 0 Å². The van der Waals surface area contributed by atoms with Crippen molar-refractivity contribution in [3.63, 3.8) is 0 Å². The molecule has 7 heteroatoms. The van der Waals surface area contributed by atoms with Crippen molar-refractivity contribution >= 4 is 11.8 Å². The fourth-order valence-corrected chi connectivity index (χ4v) is 3.48. The minimum Gasteiger partial charge on any atom is -0.494 e. The molecule has 150 valence electrons. The Labute approximate surface area is 165 Å². The fraction of sp³-hybridized carbons (Fsp3) is 0.476. The summed E-state index contributed by atoms with van der Waals surface area (Å²) in [7, 11) is 0. The van der Waals surface area contributed by atoms with Gasteiger partial charge in [0.2, 0.25) is 11.8 Å². The Morgan fingerprint density at radius 2 is 2.18 bits per heavy atom. The highest BCUT2D eigenvalue weighted by atomic mass is 16.5. The quantitative estimate of drug-likeness (QED) is 0.732. The number of carbonyl (C=O) groups excluding carboxylic acids is 2. The zero-order valence-corrected chi connectivity index (χ0v) is 16.7. The average molecular weight is 385 g/mol. The molecule has 1 saturated heterocycles. The lowest BCUT2D eigenvalue weighted by Gasteiger charge is -2.27. The van der Waals surface area contributed by atoms with Crippen LogP contribution in [-0.4, -0.2) is 52.3 Å². The summed E-state index contributed by atoms with van der Waals surface area (Å²) < 4.78 is 11.1. The number of ether oxygens (including phenoxy) is 1. The van der Waals surface area contributed by atoms with Crippen LogP contribution < -0.4 is 4.74 Å². The van der Waals surface area contributed by atoms with Crippen molar-refractivity contribution in [3.05, 3.63) is 47.7 Å². The summed E-state index contributed by atoms with van der Waals surface area (Å²) in [6.45, 7) is 7.43. The molecule has 1 atom stereocenters. The standard InChI is InChI=1S/C21H27N3O4/c1-4-18-12-22-20(28-18)14-24(15(3)25)17-9-10-23(13-17)21(26)16-7-6-8-19(11-16)27-5-2/h6-8,11-12,17H,4-5,9-10,13-14H2,1-3H3. The van der Waals surface area contributed by atoms with E-state index in [1.165, 1.54) is 0 Å². The molecule has 1 aliphatic rings. The van der Waals surface area contributed by atoms with E-state index in [0.29, 0.717) is 43.4 Å². The van der Waals surface area contributed by atoms with E-state index in [0.717, 1.165) is 18.6 Å². The lowest BCUT2D eigenvalue weighted by molar-refractivity contribution is -0.132. The van der Waals surface area contributed by atoms with Gasteiger partial charge in [-0.05, 0) is 31.5 Å². The number of benzene rings is 1.